The second-order valence-electron chi connectivity index (χ2n) is 4.13. The zero-order valence-corrected chi connectivity index (χ0v) is 10.5. The smallest absolute Gasteiger partial charge is 0.187 e. The molecule has 2 atom stereocenters. The molecule has 2 unspecified atom stereocenters. The highest BCUT2D eigenvalue weighted by Gasteiger charge is 2.27. The van der Waals surface area contributed by atoms with Gasteiger partial charge in [0.25, 0.3) is 0 Å². The Kier molecular flexibility index (Phi) is 3.32. The number of benzene rings is 1. The van der Waals surface area contributed by atoms with Crippen molar-refractivity contribution in [3.63, 3.8) is 0 Å². The lowest BCUT2D eigenvalue weighted by Gasteiger charge is -2.07. The van der Waals surface area contributed by atoms with E-state index >= 15 is 0 Å². The standard InChI is InChI=1S/C13H13ClN2O2/c14-6-12-9-17-13(18-12)10-7-15-16(8-10)11-4-2-1-3-5-11/h1-5,7-8,12-13H,6,9H2. The van der Waals surface area contributed by atoms with Gasteiger partial charge in [-0.2, -0.15) is 5.10 Å². The van der Waals surface area contributed by atoms with Gasteiger partial charge >= 0.3 is 0 Å². The van der Waals surface area contributed by atoms with Gasteiger partial charge in [0.2, 0.25) is 0 Å². The van der Waals surface area contributed by atoms with Crippen LogP contribution in [0.25, 0.3) is 5.69 Å². The Morgan fingerprint density at radius 1 is 1.33 bits per heavy atom. The summed E-state index contributed by atoms with van der Waals surface area (Å²) >= 11 is 5.74. The molecule has 1 aliphatic heterocycles. The van der Waals surface area contributed by atoms with Crippen LogP contribution in [0.5, 0.6) is 0 Å². The van der Waals surface area contributed by atoms with E-state index in [1.54, 1.807) is 10.9 Å². The van der Waals surface area contributed by atoms with Crippen molar-refractivity contribution < 1.29 is 9.47 Å². The van der Waals surface area contributed by atoms with Crippen LogP contribution in [0.1, 0.15) is 11.9 Å². The highest BCUT2D eigenvalue weighted by Crippen LogP contribution is 2.27. The molecule has 5 heteroatoms. The van der Waals surface area contributed by atoms with Crippen molar-refractivity contribution in [3.05, 3.63) is 48.3 Å². The molecule has 3 rings (SSSR count). The lowest BCUT2D eigenvalue weighted by Crippen LogP contribution is -2.10. The molecular weight excluding hydrogens is 252 g/mol. The minimum absolute atomic E-state index is 0.0308. The van der Waals surface area contributed by atoms with Crippen molar-refractivity contribution in [2.24, 2.45) is 0 Å². The minimum Gasteiger partial charge on any atom is -0.346 e. The van der Waals surface area contributed by atoms with E-state index in [2.05, 4.69) is 5.10 Å². The summed E-state index contributed by atoms with van der Waals surface area (Å²) in [6, 6.07) is 9.91. The summed E-state index contributed by atoms with van der Waals surface area (Å²) in [5.74, 6) is 0.448. The Hall–Kier alpha value is -1.36. The van der Waals surface area contributed by atoms with E-state index in [-0.39, 0.29) is 12.4 Å². The molecule has 0 amide bonds. The van der Waals surface area contributed by atoms with E-state index in [0.29, 0.717) is 12.5 Å². The molecule has 4 nitrogen and oxygen atoms in total. The van der Waals surface area contributed by atoms with Crippen molar-refractivity contribution in [2.45, 2.75) is 12.4 Å². The lowest BCUT2D eigenvalue weighted by atomic mass is 10.3. The Morgan fingerprint density at radius 2 is 2.17 bits per heavy atom. The van der Waals surface area contributed by atoms with Gasteiger partial charge in [0.05, 0.1) is 30.5 Å². The highest BCUT2D eigenvalue weighted by atomic mass is 35.5. The molecule has 1 fully saturated rings. The highest BCUT2D eigenvalue weighted by molar-refractivity contribution is 6.18. The minimum atomic E-state index is -0.355. The molecular formula is C13H13ClN2O2. The Bertz CT molecular complexity index is 515. The summed E-state index contributed by atoms with van der Waals surface area (Å²) < 4.78 is 13.0. The second-order valence-corrected chi connectivity index (χ2v) is 4.44. The van der Waals surface area contributed by atoms with E-state index in [1.165, 1.54) is 0 Å². The first-order valence-corrected chi connectivity index (χ1v) is 6.33. The summed E-state index contributed by atoms with van der Waals surface area (Å²) in [6.45, 7) is 0.532. The number of alkyl halides is 1. The fourth-order valence-corrected chi connectivity index (χ4v) is 2.05. The van der Waals surface area contributed by atoms with Crippen LogP contribution in [0.15, 0.2) is 42.7 Å². The third-order valence-corrected chi connectivity index (χ3v) is 3.16. The summed E-state index contributed by atoms with van der Waals surface area (Å²) in [5, 5.41) is 4.31. The van der Waals surface area contributed by atoms with Gasteiger partial charge in [-0.25, -0.2) is 4.68 Å². The van der Waals surface area contributed by atoms with Crippen molar-refractivity contribution in [2.75, 3.05) is 12.5 Å². The van der Waals surface area contributed by atoms with E-state index < -0.39 is 0 Å². The number of hydrogen-bond donors (Lipinski definition) is 0. The molecule has 1 saturated heterocycles. The average Bonchev–Trinajstić information content (AvgIpc) is 3.08. The van der Waals surface area contributed by atoms with Crippen molar-refractivity contribution in [1.29, 1.82) is 0 Å². The Morgan fingerprint density at radius 3 is 2.89 bits per heavy atom. The first-order chi connectivity index (χ1) is 8.86. The van der Waals surface area contributed by atoms with Gasteiger partial charge in [-0.1, -0.05) is 18.2 Å². The second kappa shape index (κ2) is 5.10. The number of ether oxygens (including phenoxy) is 2. The monoisotopic (exact) mass is 264 g/mol. The molecule has 2 aromatic rings. The predicted octanol–water partition coefficient (Wildman–Crippen LogP) is 2.53. The van der Waals surface area contributed by atoms with Gasteiger partial charge in [0.15, 0.2) is 6.29 Å². The van der Waals surface area contributed by atoms with Gasteiger partial charge in [0, 0.05) is 11.8 Å². The van der Waals surface area contributed by atoms with E-state index in [0.717, 1.165) is 11.3 Å². The van der Waals surface area contributed by atoms with Crippen LogP contribution in [0, 0.1) is 0 Å². The molecule has 94 valence electrons. The number of para-hydroxylation sites is 1. The number of halogens is 1. The molecule has 0 N–H and O–H groups in total. The molecule has 2 heterocycles. The molecule has 0 radical (unpaired) electrons. The number of hydrogen-bond acceptors (Lipinski definition) is 3. The summed E-state index contributed by atoms with van der Waals surface area (Å²) in [5.41, 5.74) is 1.92. The van der Waals surface area contributed by atoms with Crippen LogP contribution in [-0.2, 0) is 9.47 Å². The van der Waals surface area contributed by atoms with Crippen LogP contribution in [0.3, 0.4) is 0 Å². The van der Waals surface area contributed by atoms with Crippen LogP contribution in [0.4, 0.5) is 0 Å². The predicted molar refractivity (Wildman–Crippen MR) is 67.9 cm³/mol. The molecule has 0 saturated carbocycles. The maximum atomic E-state index is 5.74. The van der Waals surface area contributed by atoms with Gasteiger partial charge in [0.1, 0.15) is 0 Å². The number of rotatable bonds is 3. The molecule has 1 aromatic carbocycles. The Labute approximate surface area is 110 Å². The van der Waals surface area contributed by atoms with E-state index in [4.69, 9.17) is 21.1 Å². The molecule has 0 spiro atoms. The largest absolute Gasteiger partial charge is 0.346 e. The summed E-state index contributed by atoms with van der Waals surface area (Å²) in [6.07, 6.45) is 3.29. The molecule has 18 heavy (non-hydrogen) atoms. The number of aromatic nitrogens is 2. The molecule has 0 bridgehead atoms. The van der Waals surface area contributed by atoms with Gasteiger partial charge in [-0.3, -0.25) is 0 Å². The van der Waals surface area contributed by atoms with Crippen molar-refractivity contribution >= 4 is 11.6 Å². The SMILES string of the molecule is ClCC1COC(c2cnn(-c3ccccc3)c2)O1. The quantitative estimate of drug-likeness (QED) is 0.800. The van der Waals surface area contributed by atoms with Crippen LogP contribution in [-0.4, -0.2) is 28.4 Å². The van der Waals surface area contributed by atoms with Crippen LogP contribution < -0.4 is 0 Å². The van der Waals surface area contributed by atoms with Crippen molar-refractivity contribution in [1.82, 2.24) is 9.78 Å². The number of nitrogens with zero attached hydrogens (tertiary/aromatic N) is 2. The zero-order valence-electron chi connectivity index (χ0n) is 9.70. The maximum Gasteiger partial charge on any atom is 0.187 e. The molecule has 1 aliphatic rings. The molecule has 1 aromatic heterocycles. The van der Waals surface area contributed by atoms with Gasteiger partial charge in [-0.05, 0) is 12.1 Å². The fourth-order valence-electron chi connectivity index (χ4n) is 1.88. The third-order valence-electron chi connectivity index (χ3n) is 2.82. The van der Waals surface area contributed by atoms with E-state index in [9.17, 15) is 0 Å². The first kappa shape index (κ1) is 11.7. The average molecular weight is 265 g/mol. The van der Waals surface area contributed by atoms with Gasteiger partial charge in [-0.15, -0.1) is 11.6 Å². The fraction of sp³-hybridized carbons (Fsp3) is 0.308. The normalized spacial score (nSPS) is 23.4. The van der Waals surface area contributed by atoms with Crippen molar-refractivity contribution in [3.8, 4) is 5.69 Å². The third kappa shape index (κ3) is 2.27. The lowest BCUT2D eigenvalue weighted by molar-refractivity contribution is -0.0567. The summed E-state index contributed by atoms with van der Waals surface area (Å²) in [4.78, 5) is 0. The van der Waals surface area contributed by atoms with E-state index in [1.807, 2.05) is 36.5 Å². The maximum absolute atomic E-state index is 5.74. The first-order valence-electron chi connectivity index (χ1n) is 5.80. The van der Waals surface area contributed by atoms with Crippen LogP contribution >= 0.6 is 11.6 Å². The molecule has 0 aliphatic carbocycles. The Balaban J connectivity index is 1.78. The topological polar surface area (TPSA) is 36.3 Å². The zero-order chi connectivity index (χ0) is 12.4. The van der Waals surface area contributed by atoms with Crippen LogP contribution in [0.2, 0.25) is 0 Å². The summed E-state index contributed by atoms with van der Waals surface area (Å²) in [7, 11) is 0. The van der Waals surface area contributed by atoms with Gasteiger partial charge < -0.3 is 9.47 Å².